The van der Waals surface area contributed by atoms with Crippen molar-refractivity contribution in [2.75, 3.05) is 0 Å². The predicted octanol–water partition coefficient (Wildman–Crippen LogP) is 5.23. The lowest BCUT2D eigenvalue weighted by molar-refractivity contribution is -0.180. The molecule has 1 aliphatic heterocycles. The number of primary amides is 1. The van der Waals surface area contributed by atoms with Crippen LogP contribution in [0.1, 0.15) is 49.5 Å². The summed E-state index contributed by atoms with van der Waals surface area (Å²) in [7, 11) is 0. The molecule has 1 heterocycles. The van der Waals surface area contributed by atoms with Crippen LogP contribution in [0.3, 0.4) is 0 Å². The van der Waals surface area contributed by atoms with E-state index in [0.717, 1.165) is 11.1 Å². The molecule has 2 aromatic carbocycles. The molecule has 1 unspecified atom stereocenters. The number of carbonyl (C=O) groups is 2. The van der Waals surface area contributed by atoms with E-state index in [1.165, 1.54) is 0 Å². The number of benzene rings is 2. The van der Waals surface area contributed by atoms with Crippen LogP contribution in [-0.2, 0) is 14.3 Å². The van der Waals surface area contributed by atoms with Crippen molar-refractivity contribution in [3.05, 3.63) is 82.4 Å². The van der Waals surface area contributed by atoms with E-state index < -0.39 is 30.2 Å². The summed E-state index contributed by atoms with van der Waals surface area (Å²) in [5.74, 6) is -0.814. The van der Waals surface area contributed by atoms with E-state index in [-0.39, 0.29) is 5.91 Å². The zero-order valence-electron chi connectivity index (χ0n) is 17.3. The van der Waals surface area contributed by atoms with Crippen molar-refractivity contribution < 1.29 is 14.3 Å². The number of hydrogen-bond acceptors (Lipinski definition) is 3. The van der Waals surface area contributed by atoms with Crippen molar-refractivity contribution in [2.24, 2.45) is 5.73 Å². The molecule has 2 N–H and O–H groups in total. The second-order valence-electron chi connectivity index (χ2n) is 7.57. The van der Waals surface area contributed by atoms with Gasteiger partial charge in [0.25, 0.3) is 5.91 Å². The average molecular weight is 461 g/mol. The fourth-order valence-corrected chi connectivity index (χ4v) is 4.27. The molecule has 2 amide bonds. The largest absolute Gasteiger partial charge is 0.368 e. The maximum Gasteiger partial charge on any atom is 0.253 e. The Labute approximate surface area is 192 Å². The van der Waals surface area contributed by atoms with Crippen LogP contribution in [0.5, 0.6) is 0 Å². The fourth-order valence-electron chi connectivity index (χ4n) is 4.01. The second-order valence-corrected chi connectivity index (χ2v) is 8.44. The topological polar surface area (TPSA) is 72.6 Å². The number of amides is 2. The molecule has 3 rings (SSSR count). The molecule has 0 aromatic heterocycles. The highest BCUT2D eigenvalue weighted by Gasteiger charge is 2.47. The van der Waals surface area contributed by atoms with E-state index in [0.29, 0.717) is 29.3 Å². The molecular weight excluding hydrogens is 435 g/mol. The number of rotatable bonds is 8. The lowest BCUT2D eigenvalue weighted by Gasteiger charge is -2.47. The molecule has 5 nitrogen and oxygen atoms in total. The van der Waals surface area contributed by atoms with Gasteiger partial charge in [0.05, 0.1) is 6.04 Å². The van der Waals surface area contributed by atoms with Crippen molar-refractivity contribution in [2.45, 2.75) is 50.5 Å². The molecule has 1 aliphatic rings. The monoisotopic (exact) mass is 460 g/mol. The Hall–Kier alpha value is -2.34. The SMILES string of the molecule is C=CC[C@@H]1O[C@@H](c2ccc(Cl)cc2)[C@@H](c2ccc(Cl)cc2)N(C(CCC)C(N)=O)C1=O. The van der Waals surface area contributed by atoms with Gasteiger partial charge in [0.15, 0.2) is 0 Å². The maximum atomic E-state index is 13.5. The molecule has 164 valence electrons. The molecule has 1 fully saturated rings. The van der Waals surface area contributed by atoms with E-state index in [4.69, 9.17) is 33.7 Å². The molecule has 1 saturated heterocycles. The van der Waals surface area contributed by atoms with Gasteiger partial charge in [-0.3, -0.25) is 9.59 Å². The molecule has 7 heteroatoms. The first-order valence-corrected chi connectivity index (χ1v) is 11.0. The Kier molecular flexibility index (Phi) is 7.76. The molecule has 2 aromatic rings. The first kappa shape index (κ1) is 23.3. The number of carbonyl (C=O) groups excluding carboxylic acids is 2. The van der Waals surface area contributed by atoms with Crippen LogP contribution >= 0.6 is 23.2 Å². The maximum absolute atomic E-state index is 13.5. The third-order valence-corrected chi connectivity index (χ3v) is 5.95. The van der Waals surface area contributed by atoms with E-state index in [1.54, 1.807) is 35.2 Å². The van der Waals surface area contributed by atoms with E-state index in [9.17, 15) is 9.59 Å². The second kappa shape index (κ2) is 10.3. The van der Waals surface area contributed by atoms with E-state index in [2.05, 4.69) is 6.58 Å². The normalized spacial score (nSPS) is 22.2. The zero-order valence-corrected chi connectivity index (χ0v) is 18.9. The van der Waals surface area contributed by atoms with Gasteiger partial charge in [-0.25, -0.2) is 0 Å². The lowest BCUT2D eigenvalue weighted by Crippen LogP contribution is -2.58. The smallest absolute Gasteiger partial charge is 0.253 e. The van der Waals surface area contributed by atoms with Crippen LogP contribution in [0.2, 0.25) is 10.0 Å². The van der Waals surface area contributed by atoms with Crippen molar-refractivity contribution in [1.82, 2.24) is 4.90 Å². The lowest BCUT2D eigenvalue weighted by atomic mass is 9.89. The molecule has 31 heavy (non-hydrogen) atoms. The van der Waals surface area contributed by atoms with Gasteiger partial charge in [0.2, 0.25) is 5.91 Å². The summed E-state index contributed by atoms with van der Waals surface area (Å²) in [5.41, 5.74) is 7.42. The highest BCUT2D eigenvalue weighted by atomic mass is 35.5. The number of nitrogens with two attached hydrogens (primary N) is 1. The molecule has 0 saturated carbocycles. The van der Waals surface area contributed by atoms with E-state index >= 15 is 0 Å². The Morgan fingerprint density at radius 1 is 1.13 bits per heavy atom. The van der Waals surface area contributed by atoms with Crippen LogP contribution in [0.4, 0.5) is 0 Å². The fraction of sp³-hybridized carbons (Fsp3) is 0.333. The molecule has 4 atom stereocenters. The average Bonchev–Trinajstić information content (AvgIpc) is 2.75. The van der Waals surface area contributed by atoms with Gasteiger partial charge in [0, 0.05) is 16.5 Å². The highest BCUT2D eigenvalue weighted by Crippen LogP contribution is 2.44. The first-order valence-electron chi connectivity index (χ1n) is 10.3. The number of nitrogens with zero attached hydrogens (tertiary/aromatic N) is 1. The van der Waals surface area contributed by atoms with Gasteiger partial charge in [-0.2, -0.15) is 0 Å². The highest BCUT2D eigenvalue weighted by molar-refractivity contribution is 6.30. The van der Waals surface area contributed by atoms with Gasteiger partial charge < -0.3 is 15.4 Å². The minimum atomic E-state index is -0.763. The van der Waals surface area contributed by atoms with Gasteiger partial charge in [-0.15, -0.1) is 6.58 Å². The minimum absolute atomic E-state index is 0.276. The van der Waals surface area contributed by atoms with Gasteiger partial charge in [0.1, 0.15) is 18.2 Å². The predicted molar refractivity (Wildman–Crippen MR) is 123 cm³/mol. The third-order valence-electron chi connectivity index (χ3n) is 5.44. The Morgan fingerprint density at radius 2 is 1.68 bits per heavy atom. The molecule has 0 aliphatic carbocycles. The summed E-state index contributed by atoms with van der Waals surface area (Å²) in [4.78, 5) is 27.6. The minimum Gasteiger partial charge on any atom is -0.368 e. The number of hydrogen-bond donors (Lipinski definition) is 1. The third kappa shape index (κ3) is 5.12. The molecular formula is C24H26Cl2N2O3. The van der Waals surface area contributed by atoms with E-state index in [1.807, 2.05) is 31.2 Å². The summed E-state index contributed by atoms with van der Waals surface area (Å²) in [5, 5.41) is 1.17. The Bertz CT molecular complexity index is 931. The first-order chi connectivity index (χ1) is 14.9. The van der Waals surface area contributed by atoms with Crippen LogP contribution < -0.4 is 5.73 Å². The quantitative estimate of drug-likeness (QED) is 0.547. The van der Waals surface area contributed by atoms with Crippen LogP contribution in [-0.4, -0.2) is 28.9 Å². The van der Waals surface area contributed by atoms with Crippen LogP contribution in [0.15, 0.2) is 61.2 Å². The summed E-state index contributed by atoms with van der Waals surface area (Å²) < 4.78 is 6.31. The molecule has 0 radical (unpaired) electrons. The van der Waals surface area contributed by atoms with Crippen molar-refractivity contribution in [3.8, 4) is 0 Å². The van der Waals surface area contributed by atoms with Crippen LogP contribution in [0, 0.1) is 0 Å². The van der Waals surface area contributed by atoms with Gasteiger partial charge >= 0.3 is 0 Å². The van der Waals surface area contributed by atoms with Gasteiger partial charge in [-0.05, 0) is 41.8 Å². The number of halogens is 2. The molecule has 0 spiro atoms. The Morgan fingerprint density at radius 3 is 2.16 bits per heavy atom. The number of ether oxygens (including phenoxy) is 1. The summed E-state index contributed by atoms with van der Waals surface area (Å²) in [6.45, 7) is 5.71. The van der Waals surface area contributed by atoms with Crippen LogP contribution in [0.25, 0.3) is 0 Å². The Balaban J connectivity index is 2.18. The summed E-state index contributed by atoms with van der Waals surface area (Å²) in [6, 6.07) is 13.2. The van der Waals surface area contributed by atoms with Crippen molar-refractivity contribution in [3.63, 3.8) is 0 Å². The van der Waals surface area contributed by atoms with Crippen molar-refractivity contribution >= 4 is 35.0 Å². The van der Waals surface area contributed by atoms with Crippen molar-refractivity contribution in [1.29, 1.82) is 0 Å². The summed E-state index contributed by atoms with van der Waals surface area (Å²) in [6.07, 6.45) is 1.83. The molecule has 0 bridgehead atoms. The van der Waals surface area contributed by atoms with Gasteiger partial charge in [-0.1, -0.05) is 66.9 Å². The standard InChI is InChI=1S/C24H26Cl2N2O3/c1-3-5-19(23(27)29)28-21(15-7-11-17(25)12-8-15)22(16-9-13-18(26)14-10-16)31-20(6-4-2)24(28)30/h4,7-14,19-22H,2-3,5-6H2,1H3,(H2,27,29)/t19?,20-,21+,22-/m0/s1. The summed E-state index contributed by atoms with van der Waals surface area (Å²) >= 11 is 12.2. The number of morpholine rings is 1. The zero-order chi connectivity index (χ0) is 22.5.